The second-order valence-corrected chi connectivity index (χ2v) is 3.31. The Hall–Kier alpha value is -2.09. The van der Waals surface area contributed by atoms with Gasteiger partial charge in [-0.3, -0.25) is 9.59 Å². The molecule has 0 saturated heterocycles. The molecular formula is C10H11N3O2. The fourth-order valence-electron chi connectivity index (χ4n) is 1.42. The first-order chi connectivity index (χ1) is 6.97. The molecule has 5 nitrogen and oxygen atoms in total. The van der Waals surface area contributed by atoms with E-state index < -0.39 is 11.5 Å². The Bertz CT molecular complexity index is 509. The zero-order chi connectivity index (χ0) is 11.6. The van der Waals surface area contributed by atoms with Gasteiger partial charge in [0, 0.05) is 5.69 Å². The number of primary amides is 1. The van der Waals surface area contributed by atoms with E-state index in [1.165, 1.54) is 4.57 Å². The highest BCUT2D eigenvalue weighted by atomic mass is 16.2. The lowest BCUT2D eigenvalue weighted by Gasteiger charge is -2.09. The molecule has 78 valence electrons. The molecule has 15 heavy (non-hydrogen) atoms. The molecular weight excluding hydrogens is 194 g/mol. The number of hydrogen-bond acceptors (Lipinski definition) is 3. The molecule has 0 aliphatic heterocycles. The Morgan fingerprint density at radius 1 is 1.60 bits per heavy atom. The van der Waals surface area contributed by atoms with Crippen molar-refractivity contribution in [2.45, 2.75) is 20.4 Å². The van der Waals surface area contributed by atoms with E-state index in [0.29, 0.717) is 11.3 Å². The number of amides is 1. The zero-order valence-electron chi connectivity index (χ0n) is 8.57. The smallest absolute Gasteiger partial charge is 0.269 e. The highest BCUT2D eigenvalue weighted by molar-refractivity contribution is 5.73. The summed E-state index contributed by atoms with van der Waals surface area (Å²) in [6.07, 6.45) is 0. The molecule has 2 N–H and O–H groups in total. The van der Waals surface area contributed by atoms with Crippen LogP contribution in [0.5, 0.6) is 0 Å². The van der Waals surface area contributed by atoms with Crippen LogP contribution in [0.2, 0.25) is 0 Å². The summed E-state index contributed by atoms with van der Waals surface area (Å²) >= 11 is 0. The van der Waals surface area contributed by atoms with Gasteiger partial charge in [-0.25, -0.2) is 0 Å². The van der Waals surface area contributed by atoms with Gasteiger partial charge in [-0.15, -0.1) is 0 Å². The third kappa shape index (κ3) is 2.05. The van der Waals surface area contributed by atoms with Gasteiger partial charge in [0.1, 0.15) is 18.2 Å². The van der Waals surface area contributed by atoms with E-state index >= 15 is 0 Å². The Balaban J connectivity index is 3.48. The first kappa shape index (κ1) is 11.0. The fraction of sp³-hybridized carbons (Fsp3) is 0.300. The van der Waals surface area contributed by atoms with Gasteiger partial charge in [0.05, 0.1) is 0 Å². The predicted octanol–water partition coefficient (Wildman–Crippen LogP) is -0.178. The molecule has 0 fully saturated rings. The van der Waals surface area contributed by atoms with Gasteiger partial charge in [0.25, 0.3) is 5.56 Å². The molecule has 1 rings (SSSR count). The van der Waals surface area contributed by atoms with Crippen molar-refractivity contribution in [1.29, 1.82) is 5.26 Å². The Morgan fingerprint density at radius 2 is 2.20 bits per heavy atom. The van der Waals surface area contributed by atoms with Gasteiger partial charge in [0.15, 0.2) is 0 Å². The van der Waals surface area contributed by atoms with Crippen LogP contribution in [-0.2, 0) is 11.3 Å². The van der Waals surface area contributed by atoms with Crippen LogP contribution in [0.3, 0.4) is 0 Å². The molecule has 0 bridgehead atoms. The maximum Gasteiger partial charge on any atom is 0.269 e. The minimum atomic E-state index is -0.604. The number of hydrogen-bond donors (Lipinski definition) is 1. The number of nitrogens with zero attached hydrogens (tertiary/aromatic N) is 2. The van der Waals surface area contributed by atoms with E-state index in [-0.39, 0.29) is 12.1 Å². The third-order valence-corrected chi connectivity index (χ3v) is 2.13. The lowest BCUT2D eigenvalue weighted by Crippen LogP contribution is -2.31. The van der Waals surface area contributed by atoms with Crippen molar-refractivity contribution in [2.24, 2.45) is 5.73 Å². The van der Waals surface area contributed by atoms with Crippen molar-refractivity contribution in [2.75, 3.05) is 0 Å². The van der Waals surface area contributed by atoms with E-state index in [1.54, 1.807) is 19.9 Å². The molecule has 0 aliphatic carbocycles. The maximum absolute atomic E-state index is 11.7. The molecule has 1 amide bonds. The van der Waals surface area contributed by atoms with E-state index in [2.05, 4.69) is 0 Å². The summed E-state index contributed by atoms with van der Waals surface area (Å²) in [4.78, 5) is 22.4. The number of carbonyl (C=O) groups excluding carboxylic acids is 1. The molecule has 0 unspecified atom stereocenters. The standard InChI is InChI=1S/C10H11N3O2/c1-6-3-7(2)13(5-9(12)14)10(15)8(6)4-11/h3H,5H2,1-2H3,(H2,12,14). The molecule has 5 heteroatoms. The maximum atomic E-state index is 11.7. The van der Waals surface area contributed by atoms with Crippen molar-refractivity contribution in [3.63, 3.8) is 0 Å². The van der Waals surface area contributed by atoms with Crippen LogP contribution in [0.1, 0.15) is 16.8 Å². The minimum absolute atomic E-state index is 0.0573. The molecule has 0 atom stereocenters. The Morgan fingerprint density at radius 3 is 2.67 bits per heavy atom. The molecule has 0 aliphatic rings. The molecule has 0 spiro atoms. The van der Waals surface area contributed by atoms with E-state index in [4.69, 9.17) is 11.0 Å². The average Bonchev–Trinajstić information content (AvgIpc) is 2.12. The molecule has 0 radical (unpaired) electrons. The molecule has 1 heterocycles. The van der Waals surface area contributed by atoms with Crippen molar-refractivity contribution >= 4 is 5.91 Å². The zero-order valence-corrected chi connectivity index (χ0v) is 8.57. The van der Waals surface area contributed by atoms with Gasteiger partial charge >= 0.3 is 0 Å². The summed E-state index contributed by atoms with van der Waals surface area (Å²) in [6, 6.07) is 3.50. The molecule has 1 aromatic heterocycles. The van der Waals surface area contributed by atoms with Gasteiger partial charge < -0.3 is 10.3 Å². The summed E-state index contributed by atoms with van der Waals surface area (Å²) in [7, 11) is 0. The number of aromatic nitrogens is 1. The highest BCUT2D eigenvalue weighted by Crippen LogP contribution is 2.04. The average molecular weight is 205 g/mol. The van der Waals surface area contributed by atoms with Crippen LogP contribution in [-0.4, -0.2) is 10.5 Å². The minimum Gasteiger partial charge on any atom is -0.368 e. The van der Waals surface area contributed by atoms with E-state index in [1.807, 2.05) is 6.07 Å². The largest absolute Gasteiger partial charge is 0.368 e. The van der Waals surface area contributed by atoms with E-state index in [9.17, 15) is 9.59 Å². The second-order valence-electron chi connectivity index (χ2n) is 3.31. The lowest BCUT2D eigenvalue weighted by atomic mass is 10.1. The molecule has 0 aromatic carbocycles. The summed E-state index contributed by atoms with van der Waals surface area (Å²) < 4.78 is 1.20. The van der Waals surface area contributed by atoms with Gasteiger partial charge in [-0.2, -0.15) is 5.26 Å². The van der Waals surface area contributed by atoms with Crippen molar-refractivity contribution in [1.82, 2.24) is 4.57 Å². The summed E-state index contributed by atoms with van der Waals surface area (Å²) in [5.74, 6) is -0.604. The number of nitrogens with two attached hydrogens (primary N) is 1. The Kier molecular flexibility index (Phi) is 2.90. The quantitative estimate of drug-likeness (QED) is 0.726. The summed E-state index contributed by atoms with van der Waals surface area (Å²) in [6.45, 7) is 3.18. The Labute approximate surface area is 86.7 Å². The van der Waals surface area contributed by atoms with Crippen LogP contribution < -0.4 is 11.3 Å². The number of pyridine rings is 1. The first-order valence-corrected chi connectivity index (χ1v) is 4.36. The third-order valence-electron chi connectivity index (χ3n) is 2.13. The predicted molar refractivity (Wildman–Crippen MR) is 54.1 cm³/mol. The van der Waals surface area contributed by atoms with Crippen LogP contribution in [0.15, 0.2) is 10.9 Å². The summed E-state index contributed by atoms with van der Waals surface area (Å²) in [5, 5.41) is 8.77. The molecule has 1 aromatic rings. The van der Waals surface area contributed by atoms with Gasteiger partial charge in [-0.1, -0.05) is 0 Å². The van der Waals surface area contributed by atoms with E-state index in [0.717, 1.165) is 0 Å². The topological polar surface area (TPSA) is 88.9 Å². The van der Waals surface area contributed by atoms with Crippen LogP contribution in [0.25, 0.3) is 0 Å². The van der Waals surface area contributed by atoms with Gasteiger partial charge in [0.2, 0.25) is 5.91 Å². The highest BCUT2D eigenvalue weighted by Gasteiger charge is 2.10. The van der Waals surface area contributed by atoms with Crippen molar-refractivity contribution in [3.05, 3.63) is 33.2 Å². The monoisotopic (exact) mass is 205 g/mol. The normalized spacial score (nSPS) is 9.67. The van der Waals surface area contributed by atoms with Gasteiger partial charge in [-0.05, 0) is 25.5 Å². The number of carbonyl (C=O) groups is 1. The van der Waals surface area contributed by atoms with Crippen molar-refractivity contribution in [3.8, 4) is 6.07 Å². The van der Waals surface area contributed by atoms with Crippen LogP contribution in [0.4, 0.5) is 0 Å². The lowest BCUT2D eigenvalue weighted by molar-refractivity contribution is -0.118. The number of rotatable bonds is 2. The fourth-order valence-corrected chi connectivity index (χ4v) is 1.42. The van der Waals surface area contributed by atoms with Crippen LogP contribution in [0, 0.1) is 25.2 Å². The van der Waals surface area contributed by atoms with Crippen molar-refractivity contribution < 1.29 is 4.79 Å². The van der Waals surface area contributed by atoms with Crippen LogP contribution >= 0.6 is 0 Å². The number of aryl methyl sites for hydroxylation is 2. The molecule has 0 saturated carbocycles. The first-order valence-electron chi connectivity index (χ1n) is 4.36. The summed E-state index contributed by atoms with van der Waals surface area (Å²) in [5.41, 5.74) is 5.84. The SMILES string of the molecule is Cc1cc(C)n(CC(N)=O)c(=O)c1C#N. The second kappa shape index (κ2) is 3.96. The number of nitriles is 1.